The van der Waals surface area contributed by atoms with Gasteiger partial charge in [-0.1, -0.05) is 43.3 Å². The summed E-state index contributed by atoms with van der Waals surface area (Å²) in [7, 11) is 0. The Morgan fingerprint density at radius 3 is 2.55 bits per heavy atom. The third-order valence-electron chi connectivity index (χ3n) is 5.91. The first-order valence-electron chi connectivity index (χ1n) is 12.3. The van der Waals surface area contributed by atoms with Gasteiger partial charge in [0.25, 0.3) is 5.91 Å². The molecule has 196 valence electrons. The van der Waals surface area contributed by atoms with E-state index in [4.69, 9.17) is 21.4 Å². The Kier molecular flexibility index (Phi) is 8.52. The molecule has 1 aliphatic heterocycles. The van der Waals surface area contributed by atoms with Crippen molar-refractivity contribution < 1.29 is 19.5 Å². The molecule has 0 fully saturated rings. The molecule has 9 nitrogen and oxygen atoms in total. The summed E-state index contributed by atoms with van der Waals surface area (Å²) in [6, 6.07) is 20.3. The number of anilines is 2. The molecule has 1 heterocycles. The molecule has 38 heavy (non-hydrogen) atoms. The van der Waals surface area contributed by atoms with Crippen LogP contribution in [0.1, 0.15) is 30.9 Å². The number of amides is 2. The zero-order valence-corrected chi connectivity index (χ0v) is 21.2. The van der Waals surface area contributed by atoms with Crippen LogP contribution in [0.3, 0.4) is 0 Å². The fourth-order valence-corrected chi connectivity index (χ4v) is 4.04. The Hall–Kier alpha value is -4.47. The number of nitrogen functional groups attached to an aromatic ring is 1. The third-order valence-corrected chi connectivity index (χ3v) is 5.91. The lowest BCUT2D eigenvalue weighted by Gasteiger charge is -2.22. The molecule has 0 saturated heterocycles. The van der Waals surface area contributed by atoms with Gasteiger partial charge >= 0.3 is 0 Å². The van der Waals surface area contributed by atoms with Crippen molar-refractivity contribution in [2.75, 3.05) is 24.2 Å². The molecular weight excluding hydrogens is 482 g/mol. The SMILES string of the molecule is CCCN(OCc1ccc(N)cc1)C(=O)C1=Cc2ccc(-c3cccc(NC(=O)CO)c3)cc2N=C(N)C1. The van der Waals surface area contributed by atoms with Gasteiger partial charge in [-0.05, 0) is 59.5 Å². The van der Waals surface area contributed by atoms with Crippen molar-refractivity contribution in [3.05, 3.63) is 83.4 Å². The molecule has 0 saturated carbocycles. The summed E-state index contributed by atoms with van der Waals surface area (Å²) in [5.74, 6) is -0.428. The second-order valence-electron chi connectivity index (χ2n) is 8.93. The van der Waals surface area contributed by atoms with E-state index in [0.29, 0.717) is 35.0 Å². The molecule has 4 rings (SSSR count). The molecule has 6 N–H and O–H groups in total. The van der Waals surface area contributed by atoms with Gasteiger partial charge in [0.15, 0.2) is 0 Å². The number of rotatable bonds is 9. The van der Waals surface area contributed by atoms with Crippen molar-refractivity contribution in [2.45, 2.75) is 26.4 Å². The maximum absolute atomic E-state index is 13.5. The zero-order chi connectivity index (χ0) is 27.1. The number of hydrogen-bond acceptors (Lipinski definition) is 7. The van der Waals surface area contributed by atoms with Gasteiger partial charge in [0.1, 0.15) is 19.0 Å². The number of amidine groups is 1. The summed E-state index contributed by atoms with van der Waals surface area (Å²) in [4.78, 5) is 35.5. The standard InChI is InChI=1S/C29H31N5O4/c1-2-12-34(38-18-19-6-10-24(30)11-7-19)29(37)23-13-22-9-8-21(15-26(22)33-27(31)16-23)20-4-3-5-25(14-20)32-28(36)17-35/h3-11,13-15,35H,2,12,16-18,30H2,1H3,(H2,31,33)(H,32,36). The number of benzene rings is 3. The number of hydrogen-bond donors (Lipinski definition) is 4. The smallest absolute Gasteiger partial charge is 0.273 e. The van der Waals surface area contributed by atoms with Gasteiger partial charge in [-0.2, -0.15) is 0 Å². The average molecular weight is 514 g/mol. The molecule has 3 aromatic carbocycles. The van der Waals surface area contributed by atoms with Crippen LogP contribution >= 0.6 is 0 Å². The number of aliphatic imine (C=N–C) groups is 1. The lowest BCUT2D eigenvalue weighted by Crippen LogP contribution is -2.34. The molecule has 0 bridgehead atoms. The largest absolute Gasteiger partial charge is 0.399 e. The van der Waals surface area contributed by atoms with E-state index in [9.17, 15) is 9.59 Å². The summed E-state index contributed by atoms with van der Waals surface area (Å²) < 4.78 is 0. The number of carbonyl (C=O) groups excluding carboxylic acids is 2. The summed E-state index contributed by atoms with van der Waals surface area (Å²) >= 11 is 0. The van der Waals surface area contributed by atoms with Crippen LogP contribution in [0.15, 0.2) is 77.3 Å². The first kappa shape index (κ1) is 26.6. The van der Waals surface area contributed by atoms with E-state index < -0.39 is 12.5 Å². The highest BCUT2D eigenvalue weighted by Crippen LogP contribution is 2.33. The minimum Gasteiger partial charge on any atom is -0.399 e. The lowest BCUT2D eigenvalue weighted by molar-refractivity contribution is -0.187. The molecular formula is C29H31N5O4. The van der Waals surface area contributed by atoms with Gasteiger partial charge in [-0.25, -0.2) is 10.1 Å². The topological polar surface area (TPSA) is 143 Å². The van der Waals surface area contributed by atoms with Crippen molar-refractivity contribution in [1.82, 2.24) is 5.06 Å². The Morgan fingerprint density at radius 1 is 1.05 bits per heavy atom. The van der Waals surface area contributed by atoms with Crippen LogP contribution in [0, 0.1) is 0 Å². The first-order valence-corrected chi connectivity index (χ1v) is 12.3. The number of carbonyl (C=O) groups is 2. The average Bonchev–Trinajstić information content (AvgIpc) is 3.09. The Labute approximate surface area is 221 Å². The highest BCUT2D eigenvalue weighted by molar-refractivity contribution is 6.05. The van der Waals surface area contributed by atoms with Gasteiger partial charge < -0.3 is 21.9 Å². The fraction of sp³-hybridized carbons (Fsp3) is 0.207. The Morgan fingerprint density at radius 2 is 1.82 bits per heavy atom. The van der Waals surface area contributed by atoms with E-state index in [-0.39, 0.29) is 18.9 Å². The van der Waals surface area contributed by atoms with Gasteiger partial charge in [0.05, 0.1) is 5.69 Å². The number of aliphatic hydroxyl groups is 1. The van der Waals surface area contributed by atoms with E-state index in [0.717, 1.165) is 28.7 Å². The number of aliphatic hydroxyl groups excluding tert-OH is 1. The summed E-state index contributed by atoms with van der Waals surface area (Å²) in [6.07, 6.45) is 2.72. The van der Waals surface area contributed by atoms with Crippen molar-refractivity contribution in [2.24, 2.45) is 10.7 Å². The maximum atomic E-state index is 13.5. The summed E-state index contributed by atoms with van der Waals surface area (Å²) in [5.41, 5.74) is 17.7. The Balaban J connectivity index is 1.57. The van der Waals surface area contributed by atoms with E-state index in [1.54, 1.807) is 24.3 Å². The van der Waals surface area contributed by atoms with Crippen LogP contribution in [-0.4, -0.2) is 41.0 Å². The molecule has 0 aliphatic carbocycles. The molecule has 0 spiro atoms. The van der Waals surface area contributed by atoms with E-state index in [1.807, 2.05) is 55.5 Å². The molecule has 0 radical (unpaired) electrons. The second-order valence-corrected chi connectivity index (χ2v) is 8.93. The predicted octanol–water partition coefficient (Wildman–Crippen LogP) is 4.01. The van der Waals surface area contributed by atoms with Crippen molar-refractivity contribution in [1.29, 1.82) is 0 Å². The van der Waals surface area contributed by atoms with Crippen molar-refractivity contribution in [3.8, 4) is 11.1 Å². The van der Waals surface area contributed by atoms with Crippen molar-refractivity contribution >= 4 is 40.8 Å². The number of hydroxylamine groups is 2. The zero-order valence-electron chi connectivity index (χ0n) is 21.2. The molecule has 0 atom stereocenters. The minimum absolute atomic E-state index is 0.191. The van der Waals surface area contributed by atoms with E-state index in [2.05, 4.69) is 10.3 Å². The molecule has 9 heteroatoms. The lowest BCUT2D eigenvalue weighted by atomic mass is 10.0. The summed E-state index contributed by atoms with van der Waals surface area (Å²) in [5, 5.41) is 13.0. The van der Waals surface area contributed by atoms with Gasteiger partial charge in [0.2, 0.25) is 5.91 Å². The number of fused-ring (bicyclic) bond motifs is 1. The molecule has 1 aliphatic rings. The number of nitrogens with two attached hydrogens (primary N) is 2. The van der Waals surface area contributed by atoms with E-state index >= 15 is 0 Å². The van der Waals surface area contributed by atoms with Crippen LogP contribution in [0.25, 0.3) is 17.2 Å². The van der Waals surface area contributed by atoms with Crippen LogP contribution in [0.5, 0.6) is 0 Å². The molecule has 3 aromatic rings. The van der Waals surface area contributed by atoms with Gasteiger partial charge in [-0.3, -0.25) is 14.4 Å². The first-order chi connectivity index (χ1) is 18.4. The highest BCUT2D eigenvalue weighted by Gasteiger charge is 2.22. The monoisotopic (exact) mass is 513 g/mol. The summed E-state index contributed by atoms with van der Waals surface area (Å²) in [6.45, 7) is 2.05. The third kappa shape index (κ3) is 6.64. The van der Waals surface area contributed by atoms with Gasteiger partial charge in [-0.15, -0.1) is 0 Å². The fourth-order valence-electron chi connectivity index (χ4n) is 4.04. The number of nitrogens with one attached hydrogen (secondary N) is 1. The van der Waals surface area contributed by atoms with Crippen LogP contribution in [-0.2, 0) is 21.0 Å². The minimum atomic E-state index is -0.591. The molecule has 0 unspecified atom stereocenters. The van der Waals surface area contributed by atoms with Crippen LogP contribution < -0.4 is 16.8 Å². The van der Waals surface area contributed by atoms with E-state index in [1.165, 1.54) is 5.06 Å². The highest BCUT2D eigenvalue weighted by atomic mass is 16.7. The quantitative estimate of drug-likeness (QED) is 0.251. The molecule has 0 aromatic heterocycles. The Bertz CT molecular complexity index is 1380. The molecule has 2 amide bonds. The van der Waals surface area contributed by atoms with Crippen LogP contribution in [0.2, 0.25) is 0 Å². The second kappa shape index (κ2) is 12.2. The van der Waals surface area contributed by atoms with Crippen molar-refractivity contribution in [3.63, 3.8) is 0 Å². The maximum Gasteiger partial charge on any atom is 0.273 e. The van der Waals surface area contributed by atoms with Crippen LogP contribution in [0.4, 0.5) is 17.1 Å². The predicted molar refractivity (Wildman–Crippen MR) is 149 cm³/mol. The van der Waals surface area contributed by atoms with Gasteiger partial charge in [0, 0.05) is 35.5 Å². The normalized spacial score (nSPS) is 12.6. The number of nitrogens with zero attached hydrogens (tertiary/aromatic N) is 2.